The van der Waals surface area contributed by atoms with Crippen molar-refractivity contribution in [1.82, 2.24) is 0 Å². The molecule has 86 valence electrons. The topological polar surface area (TPSA) is 40.5 Å². The van der Waals surface area contributed by atoms with Gasteiger partial charge in [-0.25, -0.2) is 4.39 Å². The van der Waals surface area contributed by atoms with Crippen LogP contribution < -0.4 is 0 Å². The Bertz CT molecular complexity index is 120. The summed E-state index contributed by atoms with van der Waals surface area (Å²) >= 11 is 0. The highest BCUT2D eigenvalue weighted by molar-refractivity contribution is 4.66. The molecule has 2 nitrogen and oxygen atoms in total. The maximum Gasteiger partial charge on any atom is 0.128 e. The molecule has 0 radical (unpaired) electrons. The van der Waals surface area contributed by atoms with E-state index in [1.54, 1.807) is 0 Å². The van der Waals surface area contributed by atoms with E-state index in [2.05, 4.69) is 6.92 Å². The van der Waals surface area contributed by atoms with Gasteiger partial charge in [0.1, 0.15) is 12.3 Å². The molecule has 14 heavy (non-hydrogen) atoms. The van der Waals surface area contributed by atoms with Crippen molar-refractivity contribution in [1.29, 1.82) is 0 Å². The molecule has 0 aromatic carbocycles. The quantitative estimate of drug-likeness (QED) is 0.569. The fourth-order valence-electron chi connectivity index (χ4n) is 1.43. The number of hydrogen-bond donors (Lipinski definition) is 2. The Morgan fingerprint density at radius 2 is 1.64 bits per heavy atom. The van der Waals surface area contributed by atoms with Crippen LogP contribution in [0, 0.1) is 0 Å². The van der Waals surface area contributed by atoms with E-state index >= 15 is 0 Å². The van der Waals surface area contributed by atoms with Gasteiger partial charge in [-0.2, -0.15) is 0 Å². The molecule has 0 aliphatic carbocycles. The Balaban J connectivity index is 3.18. The molecule has 0 amide bonds. The SMILES string of the molecule is CCCCCCCC[C@H](F)[C@H](O)CO. The van der Waals surface area contributed by atoms with Crippen LogP contribution in [0.5, 0.6) is 0 Å². The summed E-state index contributed by atoms with van der Waals surface area (Å²) in [4.78, 5) is 0. The minimum absolute atomic E-state index is 0.369. The van der Waals surface area contributed by atoms with Gasteiger partial charge in [0.15, 0.2) is 0 Å². The molecule has 0 aliphatic heterocycles. The molecule has 2 atom stereocenters. The van der Waals surface area contributed by atoms with E-state index in [1.807, 2.05) is 0 Å². The predicted molar refractivity (Wildman–Crippen MR) is 56.0 cm³/mol. The van der Waals surface area contributed by atoms with Crippen LogP contribution in [0.25, 0.3) is 0 Å². The van der Waals surface area contributed by atoms with E-state index in [-0.39, 0.29) is 0 Å². The fraction of sp³-hybridized carbons (Fsp3) is 1.00. The van der Waals surface area contributed by atoms with Crippen molar-refractivity contribution in [3.63, 3.8) is 0 Å². The van der Waals surface area contributed by atoms with Gasteiger partial charge in [-0.15, -0.1) is 0 Å². The molecule has 0 unspecified atom stereocenters. The second-order valence-corrected chi connectivity index (χ2v) is 3.82. The van der Waals surface area contributed by atoms with Crippen LogP contribution in [0.3, 0.4) is 0 Å². The van der Waals surface area contributed by atoms with E-state index in [0.29, 0.717) is 6.42 Å². The van der Waals surface area contributed by atoms with Crippen molar-refractivity contribution in [2.75, 3.05) is 6.61 Å². The molecular weight excluding hydrogens is 183 g/mol. The maximum atomic E-state index is 13.0. The first-order chi connectivity index (χ1) is 6.72. The Kier molecular flexibility index (Phi) is 9.31. The van der Waals surface area contributed by atoms with Crippen LogP contribution in [0.15, 0.2) is 0 Å². The van der Waals surface area contributed by atoms with Gasteiger partial charge in [0.2, 0.25) is 0 Å². The van der Waals surface area contributed by atoms with Crippen molar-refractivity contribution >= 4 is 0 Å². The molecular formula is C11H23FO2. The number of hydrogen-bond acceptors (Lipinski definition) is 2. The van der Waals surface area contributed by atoms with Gasteiger partial charge in [0.25, 0.3) is 0 Å². The van der Waals surface area contributed by atoms with E-state index < -0.39 is 18.9 Å². The summed E-state index contributed by atoms with van der Waals surface area (Å²) < 4.78 is 13.0. The smallest absolute Gasteiger partial charge is 0.128 e. The van der Waals surface area contributed by atoms with E-state index in [1.165, 1.54) is 19.3 Å². The van der Waals surface area contributed by atoms with Gasteiger partial charge in [-0.3, -0.25) is 0 Å². The van der Waals surface area contributed by atoms with Crippen molar-refractivity contribution in [3.8, 4) is 0 Å². The van der Waals surface area contributed by atoms with Crippen LogP contribution in [0.2, 0.25) is 0 Å². The number of aliphatic hydroxyl groups is 2. The summed E-state index contributed by atoms with van der Waals surface area (Å²) in [5.74, 6) is 0. The number of aliphatic hydroxyl groups excluding tert-OH is 2. The maximum absolute atomic E-state index is 13.0. The van der Waals surface area contributed by atoms with Gasteiger partial charge in [0, 0.05) is 0 Å². The molecule has 0 spiro atoms. The lowest BCUT2D eigenvalue weighted by Crippen LogP contribution is -2.25. The van der Waals surface area contributed by atoms with Gasteiger partial charge >= 0.3 is 0 Å². The van der Waals surface area contributed by atoms with Crippen molar-refractivity contribution in [2.24, 2.45) is 0 Å². The highest BCUT2D eigenvalue weighted by atomic mass is 19.1. The lowest BCUT2D eigenvalue weighted by molar-refractivity contribution is 0.0242. The summed E-state index contributed by atoms with van der Waals surface area (Å²) in [6.07, 6.45) is 4.59. The Morgan fingerprint density at radius 1 is 1.07 bits per heavy atom. The highest BCUT2D eigenvalue weighted by Crippen LogP contribution is 2.12. The molecule has 0 saturated carbocycles. The molecule has 0 aromatic rings. The first-order valence-corrected chi connectivity index (χ1v) is 5.65. The molecule has 0 aliphatic rings. The van der Waals surface area contributed by atoms with Crippen LogP contribution in [0.1, 0.15) is 51.9 Å². The minimum atomic E-state index is -1.26. The third-order valence-electron chi connectivity index (χ3n) is 2.44. The molecule has 2 N–H and O–H groups in total. The average molecular weight is 206 g/mol. The third kappa shape index (κ3) is 7.27. The second kappa shape index (κ2) is 9.41. The number of halogens is 1. The highest BCUT2D eigenvalue weighted by Gasteiger charge is 2.15. The van der Waals surface area contributed by atoms with E-state index in [9.17, 15) is 4.39 Å². The fourth-order valence-corrected chi connectivity index (χ4v) is 1.43. The normalized spacial score (nSPS) is 15.4. The molecule has 0 rings (SSSR count). The molecule has 0 fully saturated rings. The Hall–Kier alpha value is -0.150. The van der Waals surface area contributed by atoms with Crippen LogP contribution >= 0.6 is 0 Å². The van der Waals surface area contributed by atoms with E-state index in [4.69, 9.17) is 10.2 Å². The van der Waals surface area contributed by atoms with Crippen LogP contribution in [0.4, 0.5) is 4.39 Å². The summed E-state index contributed by atoms with van der Waals surface area (Å²) in [5.41, 5.74) is 0. The van der Waals surface area contributed by atoms with Gasteiger partial charge in [-0.05, 0) is 6.42 Å². The molecule has 0 heterocycles. The van der Waals surface area contributed by atoms with Crippen molar-refractivity contribution in [3.05, 3.63) is 0 Å². The summed E-state index contributed by atoms with van der Waals surface area (Å²) in [6, 6.07) is 0. The molecule has 0 bridgehead atoms. The molecule has 3 heteroatoms. The van der Waals surface area contributed by atoms with Crippen molar-refractivity contribution < 1.29 is 14.6 Å². The largest absolute Gasteiger partial charge is 0.394 e. The summed E-state index contributed by atoms with van der Waals surface area (Å²) in [6.45, 7) is 1.69. The Labute approximate surface area is 86.1 Å². The van der Waals surface area contributed by atoms with E-state index in [0.717, 1.165) is 19.3 Å². The van der Waals surface area contributed by atoms with Crippen LogP contribution in [-0.2, 0) is 0 Å². The predicted octanol–water partition coefficient (Wildman–Crippen LogP) is 2.43. The van der Waals surface area contributed by atoms with Crippen molar-refractivity contribution in [2.45, 2.75) is 64.1 Å². The van der Waals surface area contributed by atoms with Gasteiger partial charge in [0.05, 0.1) is 6.61 Å². The lowest BCUT2D eigenvalue weighted by atomic mass is 10.1. The second-order valence-electron chi connectivity index (χ2n) is 3.82. The third-order valence-corrected chi connectivity index (χ3v) is 2.44. The molecule has 0 saturated heterocycles. The summed E-state index contributed by atoms with van der Waals surface area (Å²) in [7, 11) is 0. The number of unbranched alkanes of at least 4 members (excludes halogenated alkanes) is 5. The monoisotopic (exact) mass is 206 g/mol. The first kappa shape index (κ1) is 13.8. The molecule has 0 aromatic heterocycles. The van der Waals surface area contributed by atoms with Crippen LogP contribution in [-0.4, -0.2) is 29.1 Å². The standard InChI is InChI=1S/C11H23FO2/c1-2-3-4-5-6-7-8-10(12)11(14)9-13/h10-11,13-14H,2-9H2,1H3/t10-,11+/m0/s1. The zero-order chi connectivity index (χ0) is 10.8. The number of alkyl halides is 1. The minimum Gasteiger partial charge on any atom is -0.394 e. The first-order valence-electron chi connectivity index (χ1n) is 5.65. The van der Waals surface area contributed by atoms with Gasteiger partial charge < -0.3 is 10.2 Å². The Morgan fingerprint density at radius 3 is 2.21 bits per heavy atom. The zero-order valence-corrected chi connectivity index (χ0v) is 9.08. The zero-order valence-electron chi connectivity index (χ0n) is 9.08. The summed E-state index contributed by atoms with van der Waals surface area (Å²) in [5, 5.41) is 17.4. The average Bonchev–Trinajstić information content (AvgIpc) is 2.21. The number of rotatable bonds is 9. The van der Waals surface area contributed by atoms with Gasteiger partial charge in [-0.1, -0.05) is 45.4 Å². The lowest BCUT2D eigenvalue weighted by Gasteiger charge is -2.12.